The van der Waals surface area contributed by atoms with Crippen LogP contribution in [0.15, 0.2) is 48.5 Å². The van der Waals surface area contributed by atoms with Crippen LogP contribution < -0.4 is 10.6 Å². The van der Waals surface area contributed by atoms with E-state index >= 15 is 0 Å². The minimum absolute atomic E-state index is 0.0464. The lowest BCUT2D eigenvalue weighted by atomic mass is 9.98. The van der Waals surface area contributed by atoms with Crippen LogP contribution in [0.2, 0.25) is 0 Å². The third-order valence-electron chi connectivity index (χ3n) is 6.49. The molecule has 0 radical (unpaired) electrons. The number of fused-ring (bicyclic) bond motifs is 3. The number of hydrogen-bond acceptors (Lipinski definition) is 4. The minimum Gasteiger partial charge on any atom is -0.481 e. The summed E-state index contributed by atoms with van der Waals surface area (Å²) in [7, 11) is 0. The molecule has 1 aliphatic carbocycles. The predicted molar refractivity (Wildman–Crippen MR) is 135 cm³/mol. The molecular weight excluding hydrogens is 444 g/mol. The lowest BCUT2D eigenvalue weighted by Crippen LogP contribution is -2.39. The molecule has 188 valence electrons. The summed E-state index contributed by atoms with van der Waals surface area (Å²) in [6.07, 6.45) is 3.19. The number of aliphatic carboxylic acids is 1. The van der Waals surface area contributed by atoms with Gasteiger partial charge in [0.2, 0.25) is 5.91 Å². The van der Waals surface area contributed by atoms with Crippen molar-refractivity contribution in [2.45, 2.75) is 64.3 Å². The summed E-state index contributed by atoms with van der Waals surface area (Å²) in [5.74, 6) is -0.904. The zero-order chi connectivity index (χ0) is 25.2. The molecule has 2 aromatic rings. The first-order valence-electron chi connectivity index (χ1n) is 12.5. The van der Waals surface area contributed by atoms with Gasteiger partial charge in [-0.3, -0.25) is 9.59 Å². The molecule has 0 saturated carbocycles. The molecule has 1 atom stereocenters. The summed E-state index contributed by atoms with van der Waals surface area (Å²) < 4.78 is 5.54. The van der Waals surface area contributed by atoms with Crippen molar-refractivity contribution in [1.29, 1.82) is 0 Å². The maximum Gasteiger partial charge on any atom is 0.407 e. The molecule has 2 aromatic carbocycles. The second-order valence-corrected chi connectivity index (χ2v) is 9.43. The van der Waals surface area contributed by atoms with Crippen LogP contribution in [-0.2, 0) is 14.3 Å². The van der Waals surface area contributed by atoms with E-state index in [1.165, 1.54) is 22.3 Å². The number of alkyl carbamates (subject to hydrolysis) is 1. The van der Waals surface area contributed by atoms with Gasteiger partial charge in [-0.25, -0.2) is 4.79 Å². The van der Waals surface area contributed by atoms with Gasteiger partial charge in [0.25, 0.3) is 0 Å². The van der Waals surface area contributed by atoms with Crippen LogP contribution in [0.1, 0.15) is 69.4 Å². The maximum atomic E-state index is 12.2. The summed E-state index contributed by atoms with van der Waals surface area (Å²) in [6.45, 7) is 4.63. The molecule has 0 heterocycles. The lowest BCUT2D eigenvalue weighted by Gasteiger charge is -2.20. The summed E-state index contributed by atoms with van der Waals surface area (Å²) in [5, 5.41) is 14.6. The van der Waals surface area contributed by atoms with Crippen molar-refractivity contribution >= 4 is 18.0 Å². The molecule has 0 spiro atoms. The number of ether oxygens (including phenoxy) is 1. The Morgan fingerprint density at radius 3 is 2.11 bits per heavy atom. The van der Waals surface area contributed by atoms with E-state index in [0.29, 0.717) is 19.6 Å². The van der Waals surface area contributed by atoms with E-state index < -0.39 is 12.1 Å². The van der Waals surface area contributed by atoms with Crippen molar-refractivity contribution in [3.05, 3.63) is 59.7 Å². The van der Waals surface area contributed by atoms with Gasteiger partial charge in [-0.15, -0.1) is 0 Å². The van der Waals surface area contributed by atoms with Crippen molar-refractivity contribution in [2.24, 2.45) is 5.92 Å². The summed E-state index contributed by atoms with van der Waals surface area (Å²) in [6, 6.07) is 16.1. The molecule has 0 aromatic heterocycles. The molecule has 3 rings (SSSR count). The highest BCUT2D eigenvalue weighted by Gasteiger charge is 2.28. The monoisotopic (exact) mass is 480 g/mol. The topological polar surface area (TPSA) is 105 Å². The van der Waals surface area contributed by atoms with Gasteiger partial charge < -0.3 is 20.5 Å². The predicted octanol–water partition coefficient (Wildman–Crippen LogP) is 5.09. The number of carbonyl (C=O) groups is 3. The fourth-order valence-corrected chi connectivity index (χ4v) is 4.52. The number of benzene rings is 2. The number of hydrogen-bond donors (Lipinski definition) is 3. The smallest absolute Gasteiger partial charge is 0.407 e. The number of carboxylic acid groups (broad SMARTS) is 1. The number of amides is 2. The van der Waals surface area contributed by atoms with Crippen LogP contribution in [0, 0.1) is 5.92 Å². The van der Waals surface area contributed by atoms with Crippen molar-refractivity contribution in [2.75, 3.05) is 13.2 Å². The number of carbonyl (C=O) groups excluding carboxylic acids is 2. The molecule has 7 heteroatoms. The van der Waals surface area contributed by atoms with E-state index in [4.69, 9.17) is 9.84 Å². The van der Waals surface area contributed by atoms with Gasteiger partial charge in [0.15, 0.2) is 0 Å². The van der Waals surface area contributed by atoms with Gasteiger partial charge in [0.1, 0.15) is 6.61 Å². The molecule has 0 fully saturated rings. The lowest BCUT2D eigenvalue weighted by molar-refractivity contribution is -0.138. The average molecular weight is 481 g/mol. The second kappa shape index (κ2) is 12.9. The first-order chi connectivity index (χ1) is 16.9. The zero-order valence-electron chi connectivity index (χ0n) is 20.6. The van der Waals surface area contributed by atoms with Crippen LogP contribution >= 0.6 is 0 Å². The zero-order valence-corrected chi connectivity index (χ0v) is 20.6. The third kappa shape index (κ3) is 7.57. The van der Waals surface area contributed by atoms with E-state index in [0.717, 1.165) is 25.7 Å². The van der Waals surface area contributed by atoms with Gasteiger partial charge in [0, 0.05) is 24.9 Å². The molecule has 0 bridgehead atoms. The van der Waals surface area contributed by atoms with E-state index in [1.54, 1.807) is 0 Å². The Bertz CT molecular complexity index is 974. The molecular formula is C28H36N2O5. The fraction of sp³-hybridized carbons (Fsp3) is 0.464. The molecule has 35 heavy (non-hydrogen) atoms. The molecule has 0 saturated heterocycles. The van der Waals surface area contributed by atoms with Crippen LogP contribution in [0.5, 0.6) is 0 Å². The van der Waals surface area contributed by atoms with E-state index in [-0.39, 0.29) is 30.2 Å². The van der Waals surface area contributed by atoms with Gasteiger partial charge in [-0.05, 0) is 41.0 Å². The molecule has 3 N–H and O–H groups in total. The minimum atomic E-state index is -0.909. The Kier molecular flexibility index (Phi) is 9.70. The SMILES string of the molecule is CC(C)[C@H](CC(=O)O)NC(=O)CCCCCCNC(=O)OCC1c2ccccc2-c2ccccc21. The first-order valence-corrected chi connectivity index (χ1v) is 12.5. The number of nitrogens with one attached hydrogen (secondary N) is 2. The van der Waals surface area contributed by atoms with Crippen molar-refractivity contribution in [1.82, 2.24) is 10.6 Å². The van der Waals surface area contributed by atoms with Gasteiger partial charge >= 0.3 is 12.1 Å². The fourth-order valence-electron chi connectivity index (χ4n) is 4.52. The third-order valence-corrected chi connectivity index (χ3v) is 6.49. The highest BCUT2D eigenvalue weighted by atomic mass is 16.5. The van der Waals surface area contributed by atoms with Crippen LogP contribution in [0.25, 0.3) is 11.1 Å². The van der Waals surface area contributed by atoms with Crippen LogP contribution in [0.4, 0.5) is 4.79 Å². The molecule has 7 nitrogen and oxygen atoms in total. The largest absolute Gasteiger partial charge is 0.481 e. The number of carboxylic acids is 1. The Balaban J connectivity index is 1.29. The van der Waals surface area contributed by atoms with Gasteiger partial charge in [-0.2, -0.15) is 0 Å². The van der Waals surface area contributed by atoms with Crippen molar-refractivity contribution in [3.8, 4) is 11.1 Å². The molecule has 0 unspecified atom stereocenters. The normalized spacial score (nSPS) is 13.1. The van der Waals surface area contributed by atoms with Gasteiger partial charge in [0.05, 0.1) is 6.42 Å². The average Bonchev–Trinajstić information content (AvgIpc) is 3.15. The van der Waals surface area contributed by atoms with E-state index in [1.807, 2.05) is 38.1 Å². The van der Waals surface area contributed by atoms with Crippen molar-refractivity contribution in [3.63, 3.8) is 0 Å². The standard InChI is InChI=1S/C28H36N2O5/c1-19(2)25(17-27(32)33)30-26(31)15-5-3-4-10-16-29-28(34)35-18-24-22-13-8-6-11-20(22)21-12-7-9-14-23(21)24/h6-9,11-14,19,24-25H,3-5,10,15-18H2,1-2H3,(H,29,34)(H,30,31)(H,32,33)/t25-/m0/s1. The van der Waals surface area contributed by atoms with Crippen LogP contribution in [0.3, 0.4) is 0 Å². The highest BCUT2D eigenvalue weighted by Crippen LogP contribution is 2.44. The van der Waals surface area contributed by atoms with E-state index in [9.17, 15) is 14.4 Å². The number of rotatable bonds is 13. The number of unbranched alkanes of at least 4 members (excludes halogenated alkanes) is 3. The Morgan fingerprint density at radius 1 is 0.914 bits per heavy atom. The Hall–Kier alpha value is -3.35. The summed E-state index contributed by atoms with van der Waals surface area (Å²) in [4.78, 5) is 35.2. The van der Waals surface area contributed by atoms with Gasteiger partial charge in [-0.1, -0.05) is 75.2 Å². The second-order valence-electron chi connectivity index (χ2n) is 9.43. The highest BCUT2D eigenvalue weighted by molar-refractivity contribution is 5.79. The van der Waals surface area contributed by atoms with Crippen molar-refractivity contribution < 1.29 is 24.2 Å². The first kappa shape index (κ1) is 26.3. The summed E-state index contributed by atoms with van der Waals surface area (Å²) >= 11 is 0. The molecule has 1 aliphatic rings. The molecule has 0 aliphatic heterocycles. The Labute approximate surface area is 207 Å². The van der Waals surface area contributed by atoms with Crippen LogP contribution in [-0.4, -0.2) is 42.3 Å². The quantitative estimate of drug-likeness (QED) is 0.346. The van der Waals surface area contributed by atoms with E-state index in [2.05, 4.69) is 34.9 Å². The maximum absolute atomic E-state index is 12.2. The summed E-state index contributed by atoms with van der Waals surface area (Å²) in [5.41, 5.74) is 4.78. The molecule has 2 amide bonds. The Morgan fingerprint density at radius 2 is 1.51 bits per heavy atom.